The Balaban J connectivity index is 2.19. The topological polar surface area (TPSA) is 73.1 Å². The average Bonchev–Trinajstić information content (AvgIpc) is 2.79. The second-order valence-electron chi connectivity index (χ2n) is 4.43. The molecule has 1 aromatic carbocycles. The summed E-state index contributed by atoms with van der Waals surface area (Å²) in [6, 6.07) is 5.59. The highest BCUT2D eigenvalue weighted by Gasteiger charge is 2.33. The van der Waals surface area contributed by atoms with Crippen LogP contribution in [0.1, 0.15) is 24.8 Å². The van der Waals surface area contributed by atoms with Crippen molar-refractivity contribution in [3.8, 4) is 6.07 Å². The molecule has 18 heavy (non-hydrogen) atoms. The van der Waals surface area contributed by atoms with Gasteiger partial charge >= 0.3 is 5.97 Å². The van der Waals surface area contributed by atoms with Gasteiger partial charge in [0.15, 0.2) is 0 Å². The summed E-state index contributed by atoms with van der Waals surface area (Å²) in [4.78, 5) is 11.0. The van der Waals surface area contributed by atoms with Crippen LogP contribution in [0.25, 0.3) is 0 Å². The van der Waals surface area contributed by atoms with E-state index in [9.17, 15) is 9.18 Å². The Labute approximate surface area is 104 Å². The number of nitriles is 1. The van der Waals surface area contributed by atoms with E-state index < -0.39 is 17.7 Å². The van der Waals surface area contributed by atoms with Crippen molar-refractivity contribution in [3.05, 3.63) is 29.6 Å². The summed E-state index contributed by atoms with van der Waals surface area (Å²) in [6.45, 7) is 0. The third kappa shape index (κ3) is 2.43. The molecule has 0 radical (unpaired) electrons. The minimum absolute atomic E-state index is 0.194. The highest BCUT2D eigenvalue weighted by Crippen LogP contribution is 2.29. The maximum absolute atomic E-state index is 13.0. The van der Waals surface area contributed by atoms with E-state index in [1.807, 2.05) is 6.07 Å². The summed E-state index contributed by atoms with van der Waals surface area (Å²) >= 11 is 0. The number of benzene rings is 1. The van der Waals surface area contributed by atoms with Crippen molar-refractivity contribution >= 4 is 11.7 Å². The van der Waals surface area contributed by atoms with Gasteiger partial charge in [-0.3, -0.25) is 4.79 Å². The number of halogens is 1. The third-order valence-electron chi connectivity index (χ3n) is 3.28. The van der Waals surface area contributed by atoms with Gasteiger partial charge in [-0.15, -0.1) is 0 Å². The summed E-state index contributed by atoms with van der Waals surface area (Å²) in [6.07, 6.45) is 2.23. The Morgan fingerprint density at radius 3 is 2.94 bits per heavy atom. The van der Waals surface area contributed by atoms with Crippen LogP contribution in [-0.4, -0.2) is 17.1 Å². The van der Waals surface area contributed by atoms with E-state index in [0.717, 1.165) is 18.9 Å². The molecule has 94 valence electrons. The number of carboxylic acids is 1. The molecule has 1 fully saturated rings. The molecule has 0 aromatic heterocycles. The zero-order valence-corrected chi connectivity index (χ0v) is 9.69. The van der Waals surface area contributed by atoms with Crippen LogP contribution < -0.4 is 5.32 Å². The van der Waals surface area contributed by atoms with E-state index >= 15 is 0 Å². The molecule has 1 aromatic rings. The van der Waals surface area contributed by atoms with Crippen LogP contribution >= 0.6 is 0 Å². The van der Waals surface area contributed by atoms with Crippen molar-refractivity contribution in [1.82, 2.24) is 0 Å². The fourth-order valence-electron chi connectivity index (χ4n) is 2.36. The molecule has 0 bridgehead atoms. The maximum atomic E-state index is 13.0. The first-order chi connectivity index (χ1) is 8.61. The van der Waals surface area contributed by atoms with E-state index in [4.69, 9.17) is 10.4 Å². The smallest absolute Gasteiger partial charge is 0.308 e. The largest absolute Gasteiger partial charge is 0.481 e. The fraction of sp³-hybridized carbons (Fsp3) is 0.385. The number of carbonyl (C=O) groups is 1. The molecule has 1 aliphatic rings. The van der Waals surface area contributed by atoms with Crippen molar-refractivity contribution in [3.63, 3.8) is 0 Å². The van der Waals surface area contributed by atoms with Gasteiger partial charge in [0.2, 0.25) is 0 Å². The summed E-state index contributed by atoms with van der Waals surface area (Å²) in [5.74, 6) is -1.74. The summed E-state index contributed by atoms with van der Waals surface area (Å²) in [5, 5.41) is 21.0. The van der Waals surface area contributed by atoms with Gasteiger partial charge < -0.3 is 10.4 Å². The lowest BCUT2D eigenvalue weighted by Gasteiger charge is -2.19. The third-order valence-corrected chi connectivity index (χ3v) is 3.28. The molecule has 5 heteroatoms. The number of rotatable bonds is 3. The lowest BCUT2D eigenvalue weighted by atomic mass is 10.0. The molecule has 1 aliphatic carbocycles. The molecule has 0 spiro atoms. The number of hydrogen-bond donors (Lipinski definition) is 2. The highest BCUT2D eigenvalue weighted by atomic mass is 19.1. The van der Waals surface area contributed by atoms with Crippen LogP contribution in [0.3, 0.4) is 0 Å². The first-order valence-corrected chi connectivity index (χ1v) is 5.81. The summed E-state index contributed by atoms with van der Waals surface area (Å²) < 4.78 is 13.0. The van der Waals surface area contributed by atoms with Crippen LogP contribution in [0.4, 0.5) is 10.1 Å². The van der Waals surface area contributed by atoms with Gasteiger partial charge in [0, 0.05) is 6.04 Å². The van der Waals surface area contributed by atoms with Gasteiger partial charge in [0.1, 0.15) is 11.9 Å². The molecule has 2 rings (SSSR count). The monoisotopic (exact) mass is 248 g/mol. The quantitative estimate of drug-likeness (QED) is 0.861. The van der Waals surface area contributed by atoms with Crippen LogP contribution in [0.2, 0.25) is 0 Å². The lowest BCUT2D eigenvalue weighted by Crippen LogP contribution is -2.30. The lowest BCUT2D eigenvalue weighted by molar-refractivity contribution is -0.141. The van der Waals surface area contributed by atoms with Gasteiger partial charge in [-0.25, -0.2) is 4.39 Å². The van der Waals surface area contributed by atoms with Crippen molar-refractivity contribution in [2.45, 2.75) is 25.3 Å². The predicted octanol–water partition coefficient (Wildman–Crippen LogP) is 2.36. The van der Waals surface area contributed by atoms with Gasteiger partial charge in [0.25, 0.3) is 0 Å². The molecule has 2 atom stereocenters. The number of nitrogens with zero attached hydrogens (tertiary/aromatic N) is 1. The molecule has 0 saturated heterocycles. The van der Waals surface area contributed by atoms with E-state index in [1.54, 1.807) is 0 Å². The Morgan fingerprint density at radius 2 is 2.28 bits per heavy atom. The van der Waals surface area contributed by atoms with Crippen LogP contribution in [0.5, 0.6) is 0 Å². The maximum Gasteiger partial charge on any atom is 0.308 e. The van der Waals surface area contributed by atoms with Crippen LogP contribution in [0, 0.1) is 23.1 Å². The molecule has 2 unspecified atom stereocenters. The standard InChI is InChI=1S/C13H13FN2O2/c14-9-4-5-11(8(6-9)7-15)16-12-3-1-2-10(12)13(17)18/h4-6,10,12,16H,1-3H2,(H,17,18). The van der Waals surface area contributed by atoms with E-state index in [-0.39, 0.29) is 11.6 Å². The number of carboxylic acid groups (broad SMARTS) is 1. The number of nitrogens with one attached hydrogen (secondary N) is 1. The van der Waals surface area contributed by atoms with Gasteiger partial charge in [0.05, 0.1) is 17.2 Å². The minimum Gasteiger partial charge on any atom is -0.481 e. The second kappa shape index (κ2) is 5.05. The number of anilines is 1. The SMILES string of the molecule is N#Cc1cc(F)ccc1NC1CCCC1C(=O)O. The van der Waals surface area contributed by atoms with E-state index in [2.05, 4.69) is 5.32 Å². The van der Waals surface area contributed by atoms with Crippen molar-refractivity contribution < 1.29 is 14.3 Å². The van der Waals surface area contributed by atoms with Gasteiger partial charge in [-0.05, 0) is 31.0 Å². The molecule has 2 N–H and O–H groups in total. The van der Waals surface area contributed by atoms with E-state index in [0.29, 0.717) is 12.1 Å². The molecule has 0 aliphatic heterocycles. The Morgan fingerprint density at radius 1 is 1.50 bits per heavy atom. The minimum atomic E-state index is -0.828. The highest BCUT2D eigenvalue weighted by molar-refractivity contribution is 5.72. The van der Waals surface area contributed by atoms with Gasteiger partial charge in [-0.2, -0.15) is 5.26 Å². The Bertz CT molecular complexity index is 510. The van der Waals surface area contributed by atoms with Crippen molar-refractivity contribution in [1.29, 1.82) is 5.26 Å². The molecule has 1 saturated carbocycles. The van der Waals surface area contributed by atoms with Crippen LogP contribution in [-0.2, 0) is 4.79 Å². The van der Waals surface area contributed by atoms with Crippen molar-refractivity contribution in [2.75, 3.05) is 5.32 Å². The molecule has 0 heterocycles. The molecular formula is C13H13FN2O2. The predicted molar refractivity (Wildman–Crippen MR) is 63.5 cm³/mol. The average molecular weight is 248 g/mol. The Hall–Kier alpha value is -2.09. The summed E-state index contributed by atoms with van der Waals surface area (Å²) in [5.41, 5.74) is 0.697. The fourth-order valence-corrected chi connectivity index (χ4v) is 2.36. The first kappa shape index (κ1) is 12.4. The first-order valence-electron chi connectivity index (χ1n) is 5.81. The molecule has 0 amide bonds. The molecular weight excluding hydrogens is 235 g/mol. The number of hydrogen-bond acceptors (Lipinski definition) is 3. The number of aliphatic carboxylic acids is 1. The molecule has 4 nitrogen and oxygen atoms in total. The zero-order valence-electron chi connectivity index (χ0n) is 9.69. The van der Waals surface area contributed by atoms with Crippen molar-refractivity contribution in [2.24, 2.45) is 5.92 Å². The zero-order chi connectivity index (χ0) is 13.1. The second-order valence-corrected chi connectivity index (χ2v) is 4.43. The normalized spacial score (nSPS) is 22.4. The summed E-state index contributed by atoms with van der Waals surface area (Å²) in [7, 11) is 0. The van der Waals surface area contributed by atoms with E-state index in [1.165, 1.54) is 12.1 Å². The van der Waals surface area contributed by atoms with Crippen LogP contribution in [0.15, 0.2) is 18.2 Å². The Kier molecular flexibility index (Phi) is 3.47. The van der Waals surface area contributed by atoms with Gasteiger partial charge in [-0.1, -0.05) is 6.42 Å².